The summed E-state index contributed by atoms with van der Waals surface area (Å²) < 4.78 is 5.17. The molecule has 1 fully saturated rings. The van der Waals surface area contributed by atoms with Gasteiger partial charge in [-0.05, 0) is 52.4 Å². The summed E-state index contributed by atoms with van der Waals surface area (Å²) in [4.78, 5) is 21.2. The standard InChI is InChI=1S/C18H23N3O2S/c1-11-16(12(2)23-20-11)18(22)21-9-5-6-13(10-21)17-19-14-7-3-4-8-15(14)24-17/h13H,3-10H2,1-2H3. The van der Waals surface area contributed by atoms with E-state index in [4.69, 9.17) is 9.51 Å². The van der Waals surface area contributed by atoms with E-state index in [2.05, 4.69) is 5.16 Å². The molecule has 1 aliphatic carbocycles. The fourth-order valence-corrected chi connectivity index (χ4v) is 5.14. The molecule has 0 radical (unpaired) electrons. The van der Waals surface area contributed by atoms with Gasteiger partial charge in [-0.3, -0.25) is 4.79 Å². The molecule has 5 nitrogen and oxygen atoms in total. The fourth-order valence-electron chi connectivity index (χ4n) is 3.86. The molecule has 24 heavy (non-hydrogen) atoms. The lowest BCUT2D eigenvalue weighted by Gasteiger charge is -2.31. The molecule has 0 N–H and O–H groups in total. The molecule has 0 bridgehead atoms. The molecule has 1 saturated heterocycles. The monoisotopic (exact) mass is 345 g/mol. The van der Waals surface area contributed by atoms with Crippen molar-refractivity contribution in [1.29, 1.82) is 0 Å². The minimum Gasteiger partial charge on any atom is -0.361 e. The van der Waals surface area contributed by atoms with Gasteiger partial charge in [0.25, 0.3) is 5.91 Å². The molecular weight excluding hydrogens is 322 g/mol. The van der Waals surface area contributed by atoms with Gasteiger partial charge in [-0.2, -0.15) is 0 Å². The Labute approximate surface area is 146 Å². The fraction of sp³-hybridized carbons (Fsp3) is 0.611. The Hall–Kier alpha value is -1.69. The molecule has 1 aliphatic heterocycles. The van der Waals surface area contributed by atoms with E-state index in [1.54, 1.807) is 0 Å². The second-order valence-electron chi connectivity index (χ2n) is 6.92. The highest BCUT2D eigenvalue weighted by molar-refractivity contribution is 7.11. The van der Waals surface area contributed by atoms with E-state index in [1.165, 1.54) is 34.8 Å². The molecule has 0 saturated carbocycles. The SMILES string of the molecule is Cc1noc(C)c1C(=O)N1CCCC(c2nc3c(s2)CCCC3)C1. The smallest absolute Gasteiger partial charge is 0.259 e. The first-order chi connectivity index (χ1) is 11.6. The molecule has 2 aliphatic rings. The van der Waals surface area contributed by atoms with Crippen LogP contribution in [0.1, 0.15) is 69.0 Å². The second kappa shape index (κ2) is 6.31. The molecule has 2 aromatic heterocycles. The topological polar surface area (TPSA) is 59.2 Å². The first kappa shape index (κ1) is 15.8. The normalized spacial score (nSPS) is 20.9. The number of aromatic nitrogens is 2. The third-order valence-electron chi connectivity index (χ3n) is 5.17. The van der Waals surface area contributed by atoms with Crippen LogP contribution < -0.4 is 0 Å². The van der Waals surface area contributed by atoms with Crippen LogP contribution in [0.25, 0.3) is 0 Å². The molecule has 128 valence electrons. The number of carbonyl (C=O) groups excluding carboxylic acids is 1. The number of nitrogens with zero attached hydrogens (tertiary/aromatic N) is 3. The van der Waals surface area contributed by atoms with Gasteiger partial charge in [0.1, 0.15) is 11.3 Å². The maximum absolute atomic E-state index is 12.9. The number of carbonyl (C=O) groups is 1. The average Bonchev–Trinajstić information content (AvgIpc) is 3.18. The van der Waals surface area contributed by atoms with Gasteiger partial charge >= 0.3 is 0 Å². The van der Waals surface area contributed by atoms with E-state index >= 15 is 0 Å². The predicted molar refractivity (Wildman–Crippen MR) is 92.6 cm³/mol. The minimum absolute atomic E-state index is 0.0530. The van der Waals surface area contributed by atoms with Crippen LogP contribution >= 0.6 is 11.3 Å². The first-order valence-electron chi connectivity index (χ1n) is 8.84. The van der Waals surface area contributed by atoms with Crippen LogP contribution in [0.2, 0.25) is 0 Å². The van der Waals surface area contributed by atoms with Crippen LogP contribution in [0, 0.1) is 13.8 Å². The van der Waals surface area contributed by atoms with Gasteiger partial charge in [0.05, 0.1) is 16.4 Å². The number of thiazole rings is 1. The number of aryl methyl sites for hydroxylation is 4. The minimum atomic E-state index is 0.0530. The zero-order valence-corrected chi connectivity index (χ0v) is 15.1. The van der Waals surface area contributed by atoms with Crippen LogP contribution in [0.5, 0.6) is 0 Å². The lowest BCUT2D eigenvalue weighted by molar-refractivity contribution is 0.0704. The van der Waals surface area contributed by atoms with Gasteiger partial charge in [0.2, 0.25) is 0 Å². The predicted octanol–water partition coefficient (Wildman–Crippen LogP) is 3.65. The van der Waals surface area contributed by atoms with Gasteiger partial charge in [0, 0.05) is 23.9 Å². The number of hydrogen-bond donors (Lipinski definition) is 0. The van der Waals surface area contributed by atoms with Crippen molar-refractivity contribution < 1.29 is 9.32 Å². The van der Waals surface area contributed by atoms with Gasteiger partial charge in [-0.15, -0.1) is 11.3 Å². The Bertz CT molecular complexity index is 721. The molecule has 1 atom stereocenters. The average molecular weight is 345 g/mol. The van der Waals surface area contributed by atoms with Gasteiger partial charge in [-0.25, -0.2) is 4.98 Å². The van der Waals surface area contributed by atoms with Crippen molar-refractivity contribution in [3.05, 3.63) is 32.6 Å². The molecule has 1 amide bonds. The lowest BCUT2D eigenvalue weighted by Crippen LogP contribution is -2.39. The summed E-state index contributed by atoms with van der Waals surface area (Å²) in [6.07, 6.45) is 7.01. The number of piperidine rings is 1. The van der Waals surface area contributed by atoms with Gasteiger partial charge in [-0.1, -0.05) is 5.16 Å². The maximum Gasteiger partial charge on any atom is 0.259 e. The molecule has 2 aromatic rings. The second-order valence-corrected chi connectivity index (χ2v) is 8.03. The number of hydrogen-bond acceptors (Lipinski definition) is 5. The first-order valence-corrected chi connectivity index (χ1v) is 9.65. The summed E-state index contributed by atoms with van der Waals surface area (Å²) in [7, 11) is 0. The van der Waals surface area contributed by atoms with Crippen LogP contribution in [-0.4, -0.2) is 34.0 Å². The van der Waals surface area contributed by atoms with Crippen molar-refractivity contribution in [3.8, 4) is 0 Å². The Morgan fingerprint density at radius 3 is 2.83 bits per heavy atom. The van der Waals surface area contributed by atoms with E-state index < -0.39 is 0 Å². The van der Waals surface area contributed by atoms with Crippen molar-refractivity contribution in [2.75, 3.05) is 13.1 Å². The lowest BCUT2D eigenvalue weighted by atomic mass is 9.97. The summed E-state index contributed by atoms with van der Waals surface area (Å²) in [5.41, 5.74) is 2.63. The summed E-state index contributed by atoms with van der Waals surface area (Å²) in [5.74, 6) is 1.04. The molecule has 0 spiro atoms. The molecule has 3 heterocycles. The van der Waals surface area contributed by atoms with E-state index in [0.29, 0.717) is 22.9 Å². The Balaban J connectivity index is 1.53. The number of rotatable bonds is 2. The van der Waals surface area contributed by atoms with E-state index in [0.717, 1.165) is 32.4 Å². The zero-order chi connectivity index (χ0) is 16.7. The highest BCUT2D eigenvalue weighted by atomic mass is 32.1. The summed E-state index contributed by atoms with van der Waals surface area (Å²) in [6.45, 7) is 5.21. The number of amides is 1. The zero-order valence-electron chi connectivity index (χ0n) is 14.3. The Kier molecular flexibility index (Phi) is 4.16. The van der Waals surface area contributed by atoms with Crippen LogP contribution in [-0.2, 0) is 12.8 Å². The molecular formula is C18H23N3O2S. The van der Waals surface area contributed by atoms with Crippen molar-refractivity contribution in [1.82, 2.24) is 15.0 Å². The van der Waals surface area contributed by atoms with E-state index in [1.807, 2.05) is 30.1 Å². The molecule has 6 heteroatoms. The summed E-state index contributed by atoms with van der Waals surface area (Å²) >= 11 is 1.88. The van der Waals surface area contributed by atoms with Crippen molar-refractivity contribution in [3.63, 3.8) is 0 Å². The number of likely N-dealkylation sites (tertiary alicyclic amines) is 1. The third-order valence-corrected chi connectivity index (χ3v) is 6.49. The van der Waals surface area contributed by atoms with Crippen LogP contribution in [0.4, 0.5) is 0 Å². The molecule has 0 aromatic carbocycles. The van der Waals surface area contributed by atoms with Gasteiger partial charge in [0.15, 0.2) is 0 Å². The van der Waals surface area contributed by atoms with E-state index in [9.17, 15) is 4.79 Å². The number of fused-ring (bicyclic) bond motifs is 1. The largest absolute Gasteiger partial charge is 0.361 e. The third kappa shape index (κ3) is 2.77. The Morgan fingerprint density at radius 2 is 2.08 bits per heavy atom. The van der Waals surface area contributed by atoms with Gasteiger partial charge < -0.3 is 9.42 Å². The highest BCUT2D eigenvalue weighted by Crippen LogP contribution is 2.35. The summed E-state index contributed by atoms with van der Waals surface area (Å²) in [6, 6.07) is 0. The van der Waals surface area contributed by atoms with Crippen LogP contribution in [0.15, 0.2) is 4.52 Å². The van der Waals surface area contributed by atoms with Crippen molar-refractivity contribution in [2.24, 2.45) is 0 Å². The van der Waals surface area contributed by atoms with Crippen molar-refractivity contribution in [2.45, 2.75) is 58.3 Å². The maximum atomic E-state index is 12.9. The van der Waals surface area contributed by atoms with Crippen LogP contribution in [0.3, 0.4) is 0 Å². The quantitative estimate of drug-likeness (QED) is 0.834. The molecule has 4 rings (SSSR count). The Morgan fingerprint density at radius 1 is 1.25 bits per heavy atom. The summed E-state index contributed by atoms with van der Waals surface area (Å²) in [5, 5.41) is 5.15. The highest BCUT2D eigenvalue weighted by Gasteiger charge is 2.31. The van der Waals surface area contributed by atoms with E-state index in [-0.39, 0.29) is 5.91 Å². The molecule has 1 unspecified atom stereocenters. The van der Waals surface area contributed by atoms with Crippen molar-refractivity contribution >= 4 is 17.2 Å².